The molecule has 1 unspecified atom stereocenters. The van der Waals surface area contributed by atoms with Gasteiger partial charge in [-0.25, -0.2) is 4.79 Å². The smallest absolute Gasteiger partial charge is 0.318 e. The lowest BCUT2D eigenvalue weighted by Crippen LogP contribution is -2.51. The Kier molecular flexibility index (Phi) is 9.14. The Morgan fingerprint density at radius 1 is 1.24 bits per heavy atom. The number of benzene rings is 1. The van der Waals surface area contributed by atoms with E-state index in [4.69, 9.17) is 9.47 Å². The Bertz CT molecular complexity index is 913. The first kappa shape index (κ1) is 25.1. The molecule has 1 N–H and O–H groups in total. The van der Waals surface area contributed by atoms with Crippen LogP contribution >= 0.6 is 11.3 Å². The molecule has 2 aromatic rings. The molecule has 0 aliphatic carbocycles. The number of hydrogen-bond acceptors (Lipinski definition) is 5. The van der Waals surface area contributed by atoms with Gasteiger partial charge in [0.05, 0.1) is 6.04 Å². The predicted octanol–water partition coefficient (Wildman–Crippen LogP) is 4.02. The van der Waals surface area contributed by atoms with Gasteiger partial charge in [-0.1, -0.05) is 17.7 Å². The SMILES string of the molecule is COCCCN(CC(=O)N1CCc2sccc2C1COc1ccc(C)cc1)C(=O)NC(C)C. The number of amides is 3. The van der Waals surface area contributed by atoms with Crippen LogP contribution in [0.15, 0.2) is 35.7 Å². The van der Waals surface area contributed by atoms with E-state index in [1.54, 1.807) is 23.3 Å². The van der Waals surface area contributed by atoms with Gasteiger partial charge in [0.1, 0.15) is 18.9 Å². The summed E-state index contributed by atoms with van der Waals surface area (Å²) < 4.78 is 11.2. The summed E-state index contributed by atoms with van der Waals surface area (Å²) in [7, 11) is 1.63. The Hall–Kier alpha value is -2.58. The van der Waals surface area contributed by atoms with Crippen LogP contribution < -0.4 is 10.1 Å². The average molecular weight is 474 g/mol. The highest BCUT2D eigenvalue weighted by molar-refractivity contribution is 7.10. The van der Waals surface area contributed by atoms with E-state index >= 15 is 0 Å². The molecule has 0 saturated heterocycles. The van der Waals surface area contributed by atoms with E-state index in [1.165, 1.54) is 10.4 Å². The fourth-order valence-corrected chi connectivity index (χ4v) is 4.86. The molecule has 0 radical (unpaired) electrons. The van der Waals surface area contributed by atoms with E-state index in [2.05, 4.69) is 16.8 Å². The minimum atomic E-state index is -0.227. The number of ether oxygens (including phenoxy) is 2. The third-order valence-corrected chi connectivity index (χ3v) is 6.64. The third kappa shape index (κ3) is 6.95. The molecule has 0 fully saturated rings. The first-order valence-corrected chi connectivity index (χ1v) is 12.4. The normalized spacial score (nSPS) is 15.3. The predicted molar refractivity (Wildman–Crippen MR) is 131 cm³/mol. The third-order valence-electron chi connectivity index (χ3n) is 5.65. The number of methoxy groups -OCH3 is 1. The maximum atomic E-state index is 13.5. The molecule has 0 bridgehead atoms. The molecule has 180 valence electrons. The van der Waals surface area contributed by atoms with Crippen LogP contribution in [0.4, 0.5) is 4.79 Å². The highest BCUT2D eigenvalue weighted by atomic mass is 32.1. The molecule has 1 atom stereocenters. The molecule has 0 saturated carbocycles. The van der Waals surface area contributed by atoms with Crippen LogP contribution in [-0.2, 0) is 16.0 Å². The van der Waals surface area contributed by atoms with Gasteiger partial charge in [0.2, 0.25) is 5.91 Å². The van der Waals surface area contributed by atoms with Gasteiger partial charge in [-0.3, -0.25) is 4.79 Å². The lowest BCUT2D eigenvalue weighted by Gasteiger charge is -2.37. The first-order valence-electron chi connectivity index (χ1n) is 11.5. The van der Waals surface area contributed by atoms with E-state index in [-0.39, 0.29) is 30.6 Å². The van der Waals surface area contributed by atoms with Crippen molar-refractivity contribution < 1.29 is 19.1 Å². The van der Waals surface area contributed by atoms with Gasteiger partial charge >= 0.3 is 6.03 Å². The maximum Gasteiger partial charge on any atom is 0.318 e. The fourth-order valence-electron chi connectivity index (χ4n) is 3.93. The van der Waals surface area contributed by atoms with Crippen molar-refractivity contribution in [1.29, 1.82) is 0 Å². The summed E-state index contributed by atoms with van der Waals surface area (Å²) in [6, 6.07) is 9.61. The molecule has 1 aliphatic heterocycles. The zero-order valence-corrected chi connectivity index (χ0v) is 20.8. The summed E-state index contributed by atoms with van der Waals surface area (Å²) in [4.78, 5) is 30.9. The van der Waals surface area contributed by atoms with E-state index in [9.17, 15) is 9.59 Å². The molecule has 8 heteroatoms. The number of fused-ring (bicyclic) bond motifs is 1. The van der Waals surface area contributed by atoms with Crippen molar-refractivity contribution in [3.63, 3.8) is 0 Å². The zero-order valence-electron chi connectivity index (χ0n) is 20.0. The number of thiophene rings is 1. The van der Waals surface area contributed by atoms with Gasteiger partial charge in [0.25, 0.3) is 0 Å². The second-order valence-electron chi connectivity index (χ2n) is 8.65. The van der Waals surface area contributed by atoms with Gasteiger partial charge in [-0.05, 0) is 62.8 Å². The van der Waals surface area contributed by atoms with Crippen molar-refractivity contribution in [3.8, 4) is 5.75 Å². The lowest BCUT2D eigenvalue weighted by atomic mass is 10.0. The molecule has 2 heterocycles. The molecular weight excluding hydrogens is 438 g/mol. The van der Waals surface area contributed by atoms with Gasteiger partial charge in [0, 0.05) is 37.7 Å². The van der Waals surface area contributed by atoms with Crippen molar-refractivity contribution in [1.82, 2.24) is 15.1 Å². The summed E-state index contributed by atoms with van der Waals surface area (Å²) in [5, 5.41) is 4.98. The number of urea groups is 1. The molecule has 1 aromatic heterocycles. The maximum absolute atomic E-state index is 13.5. The average Bonchev–Trinajstić information content (AvgIpc) is 3.26. The minimum Gasteiger partial charge on any atom is -0.491 e. The van der Waals surface area contributed by atoms with Crippen molar-refractivity contribution in [2.24, 2.45) is 0 Å². The summed E-state index contributed by atoms with van der Waals surface area (Å²) in [5.41, 5.74) is 2.31. The number of hydrogen-bond donors (Lipinski definition) is 1. The van der Waals surface area contributed by atoms with Gasteiger partial charge in [-0.2, -0.15) is 0 Å². The van der Waals surface area contributed by atoms with Crippen LogP contribution in [-0.4, -0.2) is 67.7 Å². The zero-order chi connectivity index (χ0) is 23.8. The van der Waals surface area contributed by atoms with Crippen LogP contribution in [0.3, 0.4) is 0 Å². The number of nitrogens with one attached hydrogen (secondary N) is 1. The highest BCUT2D eigenvalue weighted by Crippen LogP contribution is 2.34. The fraction of sp³-hybridized carbons (Fsp3) is 0.520. The summed E-state index contributed by atoms with van der Waals surface area (Å²) >= 11 is 1.72. The van der Waals surface area contributed by atoms with Crippen LogP contribution in [0.25, 0.3) is 0 Å². The first-order chi connectivity index (χ1) is 15.9. The highest BCUT2D eigenvalue weighted by Gasteiger charge is 2.33. The molecule has 0 spiro atoms. The number of nitrogens with zero attached hydrogens (tertiary/aromatic N) is 2. The van der Waals surface area contributed by atoms with E-state index in [0.717, 1.165) is 17.7 Å². The molecule has 33 heavy (non-hydrogen) atoms. The van der Waals surface area contributed by atoms with Crippen molar-refractivity contribution in [3.05, 3.63) is 51.7 Å². The standard InChI is InChI=1S/C25H35N3O4S/c1-18(2)26-25(30)27(12-5-14-31-4)16-24(29)28-13-10-23-21(11-15-33-23)22(28)17-32-20-8-6-19(3)7-9-20/h6-9,11,15,18,22H,5,10,12-14,16-17H2,1-4H3,(H,26,30). The second-order valence-corrected chi connectivity index (χ2v) is 9.65. The second kappa shape index (κ2) is 12.0. The van der Waals surface area contributed by atoms with Crippen molar-refractivity contribution in [2.75, 3.05) is 40.0 Å². The van der Waals surface area contributed by atoms with Gasteiger partial charge in [0.15, 0.2) is 0 Å². The van der Waals surface area contributed by atoms with Crippen LogP contribution in [0.2, 0.25) is 0 Å². The largest absolute Gasteiger partial charge is 0.491 e. The molecule has 3 amide bonds. The van der Waals surface area contributed by atoms with E-state index < -0.39 is 0 Å². The minimum absolute atomic E-state index is 0.00321. The molecule has 3 rings (SSSR count). The quantitative estimate of drug-likeness (QED) is 0.529. The van der Waals surface area contributed by atoms with Crippen LogP contribution in [0, 0.1) is 6.92 Å². The van der Waals surface area contributed by atoms with Crippen LogP contribution in [0.1, 0.15) is 42.3 Å². The van der Waals surface area contributed by atoms with E-state index in [0.29, 0.717) is 32.7 Å². The Morgan fingerprint density at radius 2 is 2.00 bits per heavy atom. The summed E-state index contributed by atoms with van der Waals surface area (Å²) in [6.45, 7) is 7.88. The van der Waals surface area contributed by atoms with E-state index in [1.807, 2.05) is 49.9 Å². The Balaban J connectivity index is 1.73. The monoisotopic (exact) mass is 473 g/mol. The summed E-state index contributed by atoms with van der Waals surface area (Å²) in [5.74, 6) is 0.716. The van der Waals surface area contributed by atoms with Crippen molar-refractivity contribution >= 4 is 23.3 Å². The molecule has 1 aliphatic rings. The Morgan fingerprint density at radius 3 is 2.70 bits per heavy atom. The summed E-state index contributed by atoms with van der Waals surface area (Å²) in [6.07, 6.45) is 1.49. The molecule has 1 aromatic carbocycles. The van der Waals surface area contributed by atoms with Crippen molar-refractivity contribution in [2.45, 2.75) is 45.7 Å². The number of aryl methyl sites for hydroxylation is 1. The number of carbonyl (C=O) groups is 2. The number of rotatable bonds is 10. The van der Waals surface area contributed by atoms with Gasteiger partial charge < -0.3 is 24.6 Å². The lowest BCUT2D eigenvalue weighted by molar-refractivity contribution is -0.135. The van der Waals surface area contributed by atoms with Gasteiger partial charge in [-0.15, -0.1) is 11.3 Å². The van der Waals surface area contributed by atoms with Crippen LogP contribution in [0.5, 0.6) is 5.75 Å². The number of carbonyl (C=O) groups excluding carboxylic acids is 2. The molecule has 7 nitrogen and oxygen atoms in total. The Labute approximate surface area is 200 Å². The molecular formula is C25H35N3O4S. The topological polar surface area (TPSA) is 71.1 Å².